The highest BCUT2D eigenvalue weighted by Crippen LogP contribution is 2.60. The molecule has 20 heavy (non-hydrogen) atoms. The lowest BCUT2D eigenvalue weighted by Crippen LogP contribution is -2.53. The van der Waals surface area contributed by atoms with E-state index >= 15 is 0 Å². The monoisotopic (exact) mass is 302 g/mol. The SMILES string of the molecule is O=C(O)C1CCCCN1S(=O)(=O)NCC1(C2CC2)CC1. The molecule has 6 nitrogen and oxygen atoms in total. The van der Waals surface area contributed by atoms with Gasteiger partial charge in [-0.25, -0.2) is 4.72 Å². The van der Waals surface area contributed by atoms with Crippen molar-refractivity contribution in [2.24, 2.45) is 11.3 Å². The summed E-state index contributed by atoms with van der Waals surface area (Å²) in [7, 11) is -3.67. The number of hydrogen-bond acceptors (Lipinski definition) is 3. The summed E-state index contributed by atoms with van der Waals surface area (Å²) in [5.74, 6) is -0.361. The van der Waals surface area contributed by atoms with Crippen molar-refractivity contribution in [3.8, 4) is 0 Å². The maximum atomic E-state index is 12.4. The molecule has 2 aliphatic carbocycles. The molecule has 3 rings (SSSR count). The second kappa shape index (κ2) is 4.96. The molecule has 0 radical (unpaired) electrons. The fourth-order valence-electron chi connectivity index (χ4n) is 3.34. The molecule has 7 heteroatoms. The van der Waals surface area contributed by atoms with E-state index in [1.165, 1.54) is 12.8 Å². The Morgan fingerprint density at radius 1 is 1.25 bits per heavy atom. The molecule has 0 amide bonds. The van der Waals surface area contributed by atoms with Crippen molar-refractivity contribution < 1.29 is 18.3 Å². The number of carboxylic acid groups (broad SMARTS) is 1. The minimum Gasteiger partial charge on any atom is -0.480 e. The smallest absolute Gasteiger partial charge is 0.322 e. The lowest BCUT2D eigenvalue weighted by Gasteiger charge is -2.32. The Morgan fingerprint density at radius 3 is 2.50 bits per heavy atom. The lowest BCUT2D eigenvalue weighted by atomic mass is 10.0. The first-order valence-electron chi connectivity index (χ1n) is 7.44. The van der Waals surface area contributed by atoms with Gasteiger partial charge in [-0.3, -0.25) is 4.79 Å². The average Bonchev–Trinajstić information content (AvgIpc) is 3.28. The largest absolute Gasteiger partial charge is 0.480 e. The first-order valence-corrected chi connectivity index (χ1v) is 8.88. The minimum atomic E-state index is -3.67. The van der Waals surface area contributed by atoms with Crippen LogP contribution in [0.1, 0.15) is 44.9 Å². The molecule has 1 heterocycles. The fourth-order valence-corrected chi connectivity index (χ4v) is 4.88. The summed E-state index contributed by atoms with van der Waals surface area (Å²) in [6.45, 7) is 0.783. The number of hydrogen-bond donors (Lipinski definition) is 2. The highest BCUT2D eigenvalue weighted by molar-refractivity contribution is 7.87. The van der Waals surface area contributed by atoms with Crippen molar-refractivity contribution in [1.82, 2.24) is 9.03 Å². The summed E-state index contributed by atoms with van der Waals surface area (Å²) >= 11 is 0. The van der Waals surface area contributed by atoms with Gasteiger partial charge in [0.1, 0.15) is 6.04 Å². The molecule has 2 saturated carbocycles. The highest BCUT2D eigenvalue weighted by Gasteiger charge is 2.54. The minimum absolute atomic E-state index is 0.182. The van der Waals surface area contributed by atoms with Crippen LogP contribution in [0.25, 0.3) is 0 Å². The summed E-state index contributed by atoms with van der Waals surface area (Å²) < 4.78 is 28.6. The van der Waals surface area contributed by atoms with Crippen molar-refractivity contribution in [3.05, 3.63) is 0 Å². The molecule has 1 atom stereocenters. The van der Waals surface area contributed by atoms with E-state index in [4.69, 9.17) is 0 Å². The fraction of sp³-hybridized carbons (Fsp3) is 0.923. The number of piperidine rings is 1. The van der Waals surface area contributed by atoms with Crippen molar-refractivity contribution in [2.75, 3.05) is 13.1 Å². The van der Waals surface area contributed by atoms with Crippen LogP contribution in [0.3, 0.4) is 0 Å². The van der Waals surface area contributed by atoms with E-state index in [-0.39, 0.29) is 5.41 Å². The molecular weight excluding hydrogens is 280 g/mol. The maximum absolute atomic E-state index is 12.4. The van der Waals surface area contributed by atoms with Crippen LogP contribution in [0, 0.1) is 11.3 Å². The van der Waals surface area contributed by atoms with Gasteiger partial charge in [-0.05, 0) is 56.3 Å². The van der Waals surface area contributed by atoms with Gasteiger partial charge in [-0.15, -0.1) is 0 Å². The van der Waals surface area contributed by atoms with Crippen LogP contribution in [0.2, 0.25) is 0 Å². The van der Waals surface area contributed by atoms with Crippen LogP contribution in [0.15, 0.2) is 0 Å². The van der Waals surface area contributed by atoms with Crippen molar-refractivity contribution in [2.45, 2.75) is 51.0 Å². The molecule has 2 N–H and O–H groups in total. The molecule has 0 aromatic rings. The maximum Gasteiger partial charge on any atom is 0.322 e. The highest BCUT2D eigenvalue weighted by atomic mass is 32.2. The first kappa shape index (κ1) is 14.3. The number of aliphatic carboxylic acids is 1. The van der Waals surface area contributed by atoms with Crippen molar-refractivity contribution >= 4 is 16.2 Å². The number of carboxylic acids is 1. The predicted molar refractivity (Wildman–Crippen MR) is 73.3 cm³/mol. The average molecular weight is 302 g/mol. The van der Waals surface area contributed by atoms with Crippen LogP contribution in [-0.4, -0.2) is 42.9 Å². The molecule has 0 aromatic heterocycles. The van der Waals surface area contributed by atoms with Crippen molar-refractivity contribution in [1.29, 1.82) is 0 Å². The van der Waals surface area contributed by atoms with Gasteiger partial charge in [0, 0.05) is 13.1 Å². The summed E-state index contributed by atoms with van der Waals surface area (Å²) in [6, 6.07) is -0.905. The van der Waals surface area contributed by atoms with Crippen LogP contribution >= 0.6 is 0 Å². The molecule has 1 saturated heterocycles. The quantitative estimate of drug-likeness (QED) is 0.765. The van der Waals surface area contributed by atoms with E-state index in [1.807, 2.05) is 0 Å². The second-order valence-corrected chi connectivity index (χ2v) is 8.13. The predicted octanol–water partition coefficient (Wildman–Crippen LogP) is 0.950. The summed E-state index contributed by atoms with van der Waals surface area (Å²) in [4.78, 5) is 11.2. The zero-order valence-electron chi connectivity index (χ0n) is 11.5. The number of nitrogens with one attached hydrogen (secondary N) is 1. The Hall–Kier alpha value is -0.660. The summed E-state index contributed by atoms with van der Waals surface area (Å²) in [5.41, 5.74) is 0.182. The van der Waals surface area contributed by atoms with E-state index < -0.39 is 22.2 Å². The Bertz CT molecular complexity index is 497. The standard InChI is InChI=1S/C13H22N2O4S/c16-12(17)11-3-1-2-8-15(11)20(18,19)14-9-13(6-7-13)10-4-5-10/h10-11,14H,1-9H2,(H,16,17). The van der Waals surface area contributed by atoms with Crippen LogP contribution in [0.4, 0.5) is 0 Å². The Labute approximate surface area is 119 Å². The van der Waals surface area contributed by atoms with Gasteiger partial charge >= 0.3 is 5.97 Å². The number of rotatable bonds is 6. The van der Waals surface area contributed by atoms with Crippen LogP contribution in [-0.2, 0) is 15.0 Å². The summed E-state index contributed by atoms with van der Waals surface area (Å²) in [6.07, 6.45) is 6.54. The van der Waals surface area contributed by atoms with Gasteiger partial charge in [-0.1, -0.05) is 0 Å². The third-order valence-electron chi connectivity index (χ3n) is 4.99. The molecule has 1 aliphatic heterocycles. The van der Waals surface area contributed by atoms with E-state index in [1.54, 1.807) is 0 Å². The molecule has 0 spiro atoms. The topological polar surface area (TPSA) is 86.7 Å². The van der Waals surface area contributed by atoms with Crippen molar-refractivity contribution in [3.63, 3.8) is 0 Å². The zero-order chi connectivity index (χ0) is 14.4. The van der Waals surface area contributed by atoms with E-state index in [0.29, 0.717) is 25.4 Å². The van der Waals surface area contributed by atoms with Crippen LogP contribution < -0.4 is 4.72 Å². The second-order valence-electron chi connectivity index (χ2n) is 6.42. The van der Waals surface area contributed by atoms with Gasteiger partial charge in [0.15, 0.2) is 0 Å². The normalized spacial score (nSPS) is 30.1. The van der Waals surface area contributed by atoms with Gasteiger partial charge < -0.3 is 5.11 Å². The summed E-state index contributed by atoms with van der Waals surface area (Å²) in [5, 5.41) is 9.18. The Balaban J connectivity index is 1.65. The number of carbonyl (C=O) groups is 1. The Kier molecular flexibility index (Phi) is 3.54. The molecular formula is C13H22N2O4S. The Morgan fingerprint density at radius 2 is 1.95 bits per heavy atom. The molecule has 1 unspecified atom stereocenters. The van der Waals surface area contributed by atoms with Gasteiger partial charge in [0.25, 0.3) is 10.2 Å². The van der Waals surface area contributed by atoms with E-state index in [9.17, 15) is 18.3 Å². The lowest BCUT2D eigenvalue weighted by molar-refractivity contribution is -0.142. The molecule has 3 fully saturated rings. The van der Waals surface area contributed by atoms with E-state index in [2.05, 4.69) is 4.72 Å². The first-order chi connectivity index (χ1) is 9.45. The number of nitrogens with zero attached hydrogens (tertiary/aromatic N) is 1. The van der Waals surface area contributed by atoms with Gasteiger partial charge in [-0.2, -0.15) is 12.7 Å². The molecule has 3 aliphatic rings. The van der Waals surface area contributed by atoms with Crippen LogP contribution in [0.5, 0.6) is 0 Å². The molecule has 0 aromatic carbocycles. The third-order valence-corrected chi connectivity index (χ3v) is 6.55. The third kappa shape index (κ3) is 2.71. The molecule has 0 bridgehead atoms. The molecule has 114 valence electrons. The zero-order valence-corrected chi connectivity index (χ0v) is 12.4. The van der Waals surface area contributed by atoms with E-state index in [0.717, 1.165) is 30.0 Å². The van der Waals surface area contributed by atoms with Gasteiger partial charge in [0.2, 0.25) is 0 Å². The van der Waals surface area contributed by atoms with Gasteiger partial charge in [0.05, 0.1) is 0 Å².